The fourth-order valence-electron chi connectivity index (χ4n) is 4.63. The number of rotatable bonds is 5. The van der Waals surface area contributed by atoms with Crippen LogP contribution in [0.4, 0.5) is 0 Å². The second kappa shape index (κ2) is 7.91. The average Bonchev–Trinajstić information content (AvgIpc) is 3.07. The van der Waals surface area contributed by atoms with Gasteiger partial charge < -0.3 is 14.5 Å². The van der Waals surface area contributed by atoms with E-state index in [1.165, 1.54) is 0 Å². The van der Waals surface area contributed by atoms with Crippen molar-refractivity contribution in [3.8, 4) is 5.75 Å². The topological polar surface area (TPSA) is 49.9 Å². The van der Waals surface area contributed by atoms with Gasteiger partial charge in [-0.25, -0.2) is 0 Å². The first-order valence-electron chi connectivity index (χ1n) is 10.2. The van der Waals surface area contributed by atoms with Gasteiger partial charge in [-0.1, -0.05) is 19.1 Å². The van der Waals surface area contributed by atoms with Gasteiger partial charge >= 0.3 is 0 Å². The monoisotopic (exact) mass is 372 g/mol. The number of carbonyl (C=O) groups is 2. The highest BCUT2D eigenvalue weighted by molar-refractivity contribution is 5.93. The summed E-state index contributed by atoms with van der Waals surface area (Å²) in [5, 5.41) is 0. The van der Waals surface area contributed by atoms with E-state index < -0.39 is 5.54 Å². The normalized spacial score (nSPS) is 22.6. The van der Waals surface area contributed by atoms with Crippen LogP contribution >= 0.6 is 0 Å². The number of benzene rings is 1. The van der Waals surface area contributed by atoms with Gasteiger partial charge in [0.2, 0.25) is 5.91 Å². The highest BCUT2D eigenvalue weighted by Gasteiger charge is 2.52. The summed E-state index contributed by atoms with van der Waals surface area (Å²) in [6.45, 7) is 10.4. The van der Waals surface area contributed by atoms with E-state index in [1.807, 2.05) is 36.6 Å². The first kappa shape index (κ1) is 19.7. The molecule has 5 nitrogen and oxygen atoms in total. The third-order valence-corrected chi connectivity index (χ3v) is 6.20. The summed E-state index contributed by atoms with van der Waals surface area (Å²) in [6.07, 6.45) is 4.36. The molecule has 0 saturated carbocycles. The van der Waals surface area contributed by atoms with E-state index >= 15 is 0 Å². The molecule has 1 spiro atoms. The van der Waals surface area contributed by atoms with Gasteiger partial charge in [0.25, 0.3) is 5.91 Å². The molecule has 148 valence electrons. The number of amides is 2. The predicted molar refractivity (Wildman–Crippen MR) is 106 cm³/mol. The van der Waals surface area contributed by atoms with E-state index in [0.717, 1.165) is 67.6 Å². The van der Waals surface area contributed by atoms with Gasteiger partial charge in [-0.15, -0.1) is 0 Å². The van der Waals surface area contributed by atoms with E-state index in [4.69, 9.17) is 4.74 Å². The Morgan fingerprint density at radius 1 is 1.11 bits per heavy atom. The third-order valence-electron chi connectivity index (χ3n) is 6.20. The molecule has 0 aromatic heterocycles. The largest absolute Gasteiger partial charge is 0.483 e. The average molecular weight is 373 g/mol. The summed E-state index contributed by atoms with van der Waals surface area (Å²) in [6, 6.07) is 4.09. The van der Waals surface area contributed by atoms with Gasteiger partial charge in [0, 0.05) is 19.6 Å². The summed E-state index contributed by atoms with van der Waals surface area (Å²) in [5.41, 5.74) is 2.62. The predicted octanol–water partition coefficient (Wildman–Crippen LogP) is 3.38. The number of hydrogen-bond acceptors (Lipinski definition) is 3. The van der Waals surface area contributed by atoms with Crippen LogP contribution in [0.15, 0.2) is 12.1 Å². The zero-order valence-electron chi connectivity index (χ0n) is 17.1. The minimum atomic E-state index is -0.634. The first-order valence-corrected chi connectivity index (χ1v) is 10.2. The molecule has 2 aliphatic heterocycles. The molecule has 0 bridgehead atoms. The fraction of sp³-hybridized carbons (Fsp3) is 0.636. The van der Waals surface area contributed by atoms with Crippen molar-refractivity contribution in [1.82, 2.24) is 9.80 Å². The van der Waals surface area contributed by atoms with E-state index in [-0.39, 0.29) is 18.4 Å². The number of piperidine rings is 1. The molecule has 1 unspecified atom stereocenters. The van der Waals surface area contributed by atoms with Crippen molar-refractivity contribution in [3.05, 3.63) is 28.8 Å². The minimum absolute atomic E-state index is 0.00601. The molecule has 1 aromatic rings. The highest BCUT2D eigenvalue weighted by atomic mass is 16.5. The first-order chi connectivity index (χ1) is 12.9. The lowest BCUT2D eigenvalue weighted by molar-refractivity contribution is -0.156. The van der Waals surface area contributed by atoms with Crippen molar-refractivity contribution < 1.29 is 14.3 Å². The fourth-order valence-corrected chi connectivity index (χ4v) is 4.63. The van der Waals surface area contributed by atoms with Crippen LogP contribution in [0.5, 0.6) is 5.75 Å². The van der Waals surface area contributed by atoms with Gasteiger partial charge in [-0.3, -0.25) is 9.59 Å². The molecule has 5 heteroatoms. The van der Waals surface area contributed by atoms with Gasteiger partial charge in [0.1, 0.15) is 11.3 Å². The number of ether oxygens (including phenoxy) is 1. The Bertz CT molecular complexity index is 729. The van der Waals surface area contributed by atoms with Crippen LogP contribution in [-0.4, -0.2) is 53.4 Å². The molecule has 0 aliphatic carbocycles. The Balaban J connectivity index is 1.75. The lowest BCUT2D eigenvalue weighted by Crippen LogP contribution is -2.62. The molecular formula is C22H32N2O3. The number of nitrogens with zero attached hydrogens (tertiary/aromatic N) is 2. The highest BCUT2D eigenvalue weighted by Crippen LogP contribution is 2.38. The van der Waals surface area contributed by atoms with Crippen molar-refractivity contribution in [1.29, 1.82) is 0 Å². The van der Waals surface area contributed by atoms with Crippen molar-refractivity contribution >= 4 is 11.8 Å². The minimum Gasteiger partial charge on any atom is -0.483 e. The molecule has 2 heterocycles. The van der Waals surface area contributed by atoms with Gasteiger partial charge in [-0.2, -0.15) is 0 Å². The third kappa shape index (κ3) is 3.56. The van der Waals surface area contributed by atoms with Crippen LogP contribution in [0.2, 0.25) is 0 Å². The van der Waals surface area contributed by atoms with Gasteiger partial charge in [0.05, 0.1) is 0 Å². The molecule has 0 N–H and O–H groups in total. The van der Waals surface area contributed by atoms with Crippen LogP contribution in [-0.2, 0) is 9.59 Å². The number of likely N-dealkylation sites (tertiary alicyclic amines) is 2. The summed E-state index contributed by atoms with van der Waals surface area (Å²) in [7, 11) is 0. The molecule has 3 rings (SSSR count). The maximum Gasteiger partial charge on any atom is 0.261 e. The molecule has 2 saturated heterocycles. The van der Waals surface area contributed by atoms with Crippen LogP contribution in [0.25, 0.3) is 0 Å². The van der Waals surface area contributed by atoms with Crippen molar-refractivity contribution in [2.45, 2.75) is 65.3 Å². The molecule has 1 aromatic carbocycles. The number of aryl methyl sites for hydroxylation is 2. The van der Waals surface area contributed by atoms with Crippen molar-refractivity contribution in [2.75, 3.05) is 26.2 Å². The Hall–Kier alpha value is -2.04. The van der Waals surface area contributed by atoms with Crippen LogP contribution in [0, 0.1) is 20.8 Å². The lowest BCUT2D eigenvalue weighted by atomic mass is 9.85. The molecule has 0 radical (unpaired) electrons. The Kier molecular flexibility index (Phi) is 5.78. The maximum atomic E-state index is 13.2. The summed E-state index contributed by atoms with van der Waals surface area (Å²) >= 11 is 0. The molecule has 2 aliphatic rings. The van der Waals surface area contributed by atoms with E-state index in [2.05, 4.69) is 13.0 Å². The van der Waals surface area contributed by atoms with Crippen molar-refractivity contribution in [2.24, 2.45) is 0 Å². The second-order valence-electron chi connectivity index (χ2n) is 8.02. The molecule has 27 heavy (non-hydrogen) atoms. The Morgan fingerprint density at radius 2 is 1.78 bits per heavy atom. The molecule has 2 amide bonds. The lowest BCUT2D eigenvalue weighted by Gasteiger charge is -2.44. The van der Waals surface area contributed by atoms with Gasteiger partial charge in [-0.05, 0) is 69.6 Å². The Morgan fingerprint density at radius 3 is 2.48 bits per heavy atom. The summed E-state index contributed by atoms with van der Waals surface area (Å²) < 4.78 is 5.95. The van der Waals surface area contributed by atoms with E-state index in [0.29, 0.717) is 6.54 Å². The summed E-state index contributed by atoms with van der Waals surface area (Å²) in [4.78, 5) is 30.0. The summed E-state index contributed by atoms with van der Waals surface area (Å²) in [5.74, 6) is 0.864. The smallest absolute Gasteiger partial charge is 0.261 e. The van der Waals surface area contributed by atoms with Gasteiger partial charge in [0.15, 0.2) is 6.61 Å². The Labute approximate surface area is 162 Å². The zero-order chi connectivity index (χ0) is 19.6. The van der Waals surface area contributed by atoms with Crippen LogP contribution in [0.1, 0.15) is 55.7 Å². The number of hydrogen-bond donors (Lipinski definition) is 0. The van der Waals surface area contributed by atoms with Crippen LogP contribution in [0.3, 0.4) is 0 Å². The van der Waals surface area contributed by atoms with E-state index in [1.54, 1.807) is 0 Å². The SMILES string of the molecule is CCCN1CCCC2(CCCN2C(=O)COc2c(C)ccc(C)c2C)C1=O. The molecular weight excluding hydrogens is 340 g/mol. The second-order valence-corrected chi connectivity index (χ2v) is 8.02. The maximum absolute atomic E-state index is 13.2. The zero-order valence-corrected chi connectivity index (χ0v) is 17.1. The molecule has 1 atom stereocenters. The molecule has 2 fully saturated rings. The van der Waals surface area contributed by atoms with E-state index in [9.17, 15) is 9.59 Å². The standard InChI is InChI=1S/C22H32N2O3/c1-5-12-23-13-6-10-22(21(23)26)11-7-14-24(22)19(25)15-27-20-17(3)9-8-16(2)18(20)4/h8-9H,5-7,10-15H2,1-4H3. The number of carbonyl (C=O) groups excluding carboxylic acids is 2. The van der Waals surface area contributed by atoms with Crippen LogP contribution < -0.4 is 4.74 Å². The van der Waals surface area contributed by atoms with Crippen molar-refractivity contribution in [3.63, 3.8) is 0 Å². The quantitative estimate of drug-likeness (QED) is 0.796.